The molecule has 1 aliphatic rings. The molecule has 0 aromatic rings. The van der Waals surface area contributed by atoms with Gasteiger partial charge in [0.2, 0.25) is 0 Å². The summed E-state index contributed by atoms with van der Waals surface area (Å²) in [5.74, 6) is 0.853. The predicted octanol–water partition coefficient (Wildman–Crippen LogP) is 1.29. The zero-order chi connectivity index (χ0) is 9.84. The number of hydrogen-bond acceptors (Lipinski definition) is 1. The third-order valence-electron chi connectivity index (χ3n) is 2.61. The fourth-order valence-corrected chi connectivity index (χ4v) is 2.36. The Morgan fingerprint density at radius 1 is 1.23 bits per heavy atom. The molecule has 4 heteroatoms. The van der Waals surface area contributed by atoms with Crippen molar-refractivity contribution in [1.82, 2.24) is 9.03 Å². The second-order valence-corrected chi connectivity index (χ2v) is 5.60. The number of rotatable bonds is 3. The molecular formula is C9H20N2OS. The summed E-state index contributed by atoms with van der Waals surface area (Å²) in [7, 11) is 3.66. The molecule has 1 aliphatic carbocycles. The fourth-order valence-electron chi connectivity index (χ4n) is 1.63. The van der Waals surface area contributed by atoms with E-state index in [1.165, 1.54) is 25.7 Å². The van der Waals surface area contributed by atoms with Gasteiger partial charge in [0.1, 0.15) is 0 Å². The third-order valence-corrected chi connectivity index (χ3v) is 3.81. The average Bonchev–Trinajstić information content (AvgIpc) is 2.08. The van der Waals surface area contributed by atoms with Gasteiger partial charge in [-0.3, -0.25) is 0 Å². The van der Waals surface area contributed by atoms with E-state index >= 15 is 0 Å². The van der Waals surface area contributed by atoms with Gasteiger partial charge < -0.3 is 0 Å². The van der Waals surface area contributed by atoms with Crippen molar-refractivity contribution in [2.45, 2.75) is 38.6 Å². The van der Waals surface area contributed by atoms with E-state index < -0.39 is 11.2 Å². The van der Waals surface area contributed by atoms with Crippen LogP contribution in [-0.2, 0) is 11.2 Å². The molecule has 0 aromatic heterocycles. The minimum atomic E-state index is -0.997. The van der Waals surface area contributed by atoms with Crippen LogP contribution >= 0.6 is 0 Å². The standard InChI is InChI=1S/C9H20N2OS/c1-8-4-6-9(7-5-8)10-13(12)11(2)3/h8-10H,4-7H2,1-3H3. The molecule has 0 bridgehead atoms. The minimum absolute atomic E-state index is 0.458. The highest BCUT2D eigenvalue weighted by atomic mass is 32.2. The van der Waals surface area contributed by atoms with Gasteiger partial charge in [0.15, 0.2) is 11.2 Å². The summed E-state index contributed by atoms with van der Waals surface area (Å²) >= 11 is -0.997. The topological polar surface area (TPSA) is 32.3 Å². The van der Waals surface area contributed by atoms with Gasteiger partial charge in [0.25, 0.3) is 0 Å². The van der Waals surface area contributed by atoms with Crippen LogP contribution in [0.15, 0.2) is 0 Å². The number of nitrogens with one attached hydrogen (secondary N) is 1. The van der Waals surface area contributed by atoms with Crippen molar-refractivity contribution in [2.24, 2.45) is 5.92 Å². The van der Waals surface area contributed by atoms with E-state index in [1.807, 2.05) is 14.1 Å². The van der Waals surface area contributed by atoms with Gasteiger partial charge in [-0.05, 0) is 31.6 Å². The quantitative estimate of drug-likeness (QED) is 0.738. The van der Waals surface area contributed by atoms with Crippen LogP contribution in [0.2, 0.25) is 0 Å². The molecule has 1 saturated carbocycles. The van der Waals surface area contributed by atoms with E-state index in [4.69, 9.17) is 0 Å². The van der Waals surface area contributed by atoms with Crippen molar-refractivity contribution < 1.29 is 4.21 Å². The summed E-state index contributed by atoms with van der Waals surface area (Å²) in [6, 6.07) is 0.458. The van der Waals surface area contributed by atoms with Gasteiger partial charge in [0, 0.05) is 20.1 Å². The molecule has 1 rings (SSSR count). The van der Waals surface area contributed by atoms with Crippen LogP contribution in [-0.4, -0.2) is 28.7 Å². The summed E-state index contributed by atoms with van der Waals surface area (Å²) in [6.45, 7) is 2.29. The van der Waals surface area contributed by atoms with Gasteiger partial charge in [0.05, 0.1) is 0 Å². The molecule has 0 saturated heterocycles. The monoisotopic (exact) mass is 204 g/mol. The first-order valence-corrected chi connectivity index (χ1v) is 6.05. The van der Waals surface area contributed by atoms with Gasteiger partial charge >= 0.3 is 0 Å². The smallest absolute Gasteiger partial charge is 0.169 e. The first-order chi connectivity index (χ1) is 6.09. The summed E-state index contributed by atoms with van der Waals surface area (Å²) in [5.41, 5.74) is 0. The zero-order valence-corrected chi connectivity index (χ0v) is 9.56. The highest BCUT2D eigenvalue weighted by Gasteiger charge is 2.19. The normalized spacial score (nSPS) is 32.0. The Bertz CT molecular complexity index is 176. The lowest BCUT2D eigenvalue weighted by atomic mass is 9.88. The Morgan fingerprint density at radius 3 is 2.23 bits per heavy atom. The molecule has 1 atom stereocenters. The Balaban J connectivity index is 2.26. The number of hydrogen-bond donors (Lipinski definition) is 1. The first-order valence-electron chi connectivity index (χ1n) is 4.95. The van der Waals surface area contributed by atoms with Crippen molar-refractivity contribution in [3.63, 3.8) is 0 Å². The van der Waals surface area contributed by atoms with Gasteiger partial charge in [-0.25, -0.2) is 13.2 Å². The van der Waals surface area contributed by atoms with E-state index in [2.05, 4.69) is 11.6 Å². The van der Waals surface area contributed by atoms with Crippen molar-refractivity contribution in [1.29, 1.82) is 0 Å². The Kier molecular flexibility index (Phi) is 4.35. The Labute approximate surface area is 83.6 Å². The molecule has 0 aromatic carbocycles. The summed E-state index contributed by atoms with van der Waals surface area (Å²) in [6.07, 6.45) is 4.87. The van der Waals surface area contributed by atoms with E-state index in [9.17, 15) is 4.21 Å². The maximum atomic E-state index is 11.4. The van der Waals surface area contributed by atoms with Gasteiger partial charge in [-0.15, -0.1) is 0 Å². The second kappa shape index (κ2) is 5.08. The van der Waals surface area contributed by atoms with Crippen molar-refractivity contribution >= 4 is 11.2 Å². The molecule has 1 N–H and O–H groups in total. The van der Waals surface area contributed by atoms with Crippen LogP contribution in [0.5, 0.6) is 0 Å². The summed E-state index contributed by atoms with van der Waals surface area (Å²) in [5, 5.41) is 0. The lowest BCUT2D eigenvalue weighted by Crippen LogP contribution is -2.39. The molecule has 1 unspecified atom stereocenters. The van der Waals surface area contributed by atoms with E-state index in [0.717, 1.165) is 5.92 Å². The van der Waals surface area contributed by atoms with Crippen LogP contribution in [0.1, 0.15) is 32.6 Å². The predicted molar refractivity (Wildman–Crippen MR) is 56.4 cm³/mol. The van der Waals surface area contributed by atoms with Crippen LogP contribution in [0, 0.1) is 5.92 Å². The molecule has 1 fully saturated rings. The van der Waals surface area contributed by atoms with E-state index in [0.29, 0.717) is 6.04 Å². The maximum Gasteiger partial charge on any atom is 0.169 e. The third kappa shape index (κ3) is 3.75. The molecule has 0 spiro atoms. The summed E-state index contributed by atoms with van der Waals surface area (Å²) in [4.78, 5) is 0. The zero-order valence-electron chi connectivity index (χ0n) is 8.75. The highest BCUT2D eigenvalue weighted by molar-refractivity contribution is 7.80. The lowest BCUT2D eigenvalue weighted by molar-refractivity contribution is 0.332. The van der Waals surface area contributed by atoms with Crippen LogP contribution in [0.3, 0.4) is 0 Å². The van der Waals surface area contributed by atoms with Crippen LogP contribution in [0.4, 0.5) is 0 Å². The average molecular weight is 204 g/mol. The van der Waals surface area contributed by atoms with Crippen molar-refractivity contribution in [3.05, 3.63) is 0 Å². The largest absolute Gasteiger partial charge is 0.225 e. The van der Waals surface area contributed by atoms with Gasteiger partial charge in [-0.1, -0.05) is 6.92 Å². The SMILES string of the molecule is CC1CCC(NS(=O)N(C)C)CC1. The Hall–Kier alpha value is 0.0700. The van der Waals surface area contributed by atoms with Crippen molar-refractivity contribution in [2.75, 3.05) is 14.1 Å². The van der Waals surface area contributed by atoms with Gasteiger partial charge in [-0.2, -0.15) is 0 Å². The highest BCUT2D eigenvalue weighted by Crippen LogP contribution is 2.23. The molecule has 13 heavy (non-hydrogen) atoms. The van der Waals surface area contributed by atoms with Crippen LogP contribution < -0.4 is 4.72 Å². The molecule has 0 amide bonds. The molecule has 3 nitrogen and oxygen atoms in total. The fraction of sp³-hybridized carbons (Fsp3) is 1.00. The lowest BCUT2D eigenvalue weighted by Gasteiger charge is -2.27. The minimum Gasteiger partial charge on any atom is -0.225 e. The van der Waals surface area contributed by atoms with Crippen molar-refractivity contribution in [3.8, 4) is 0 Å². The number of nitrogens with zero attached hydrogens (tertiary/aromatic N) is 1. The first kappa shape index (κ1) is 11.1. The second-order valence-electron chi connectivity index (χ2n) is 4.14. The molecule has 0 aliphatic heterocycles. The molecular weight excluding hydrogens is 184 g/mol. The molecule has 0 heterocycles. The van der Waals surface area contributed by atoms with E-state index in [-0.39, 0.29) is 0 Å². The Morgan fingerprint density at radius 2 is 1.77 bits per heavy atom. The van der Waals surface area contributed by atoms with Crippen LogP contribution in [0.25, 0.3) is 0 Å². The molecule has 78 valence electrons. The molecule has 0 radical (unpaired) electrons. The van der Waals surface area contributed by atoms with E-state index in [1.54, 1.807) is 4.31 Å². The maximum absolute atomic E-state index is 11.4. The summed E-state index contributed by atoms with van der Waals surface area (Å²) < 4.78 is 16.3.